The van der Waals surface area contributed by atoms with Crippen molar-refractivity contribution in [3.8, 4) is 11.4 Å². The number of nitro groups is 1. The van der Waals surface area contributed by atoms with Crippen LogP contribution in [0.2, 0.25) is 0 Å². The number of rotatable bonds is 7. The quantitative estimate of drug-likeness (QED) is 0.425. The fourth-order valence-corrected chi connectivity index (χ4v) is 3.51. The molecular formula is C23H23N5O4. The summed E-state index contributed by atoms with van der Waals surface area (Å²) in [6.07, 6.45) is 1.26. The number of anilines is 2. The molecule has 1 aliphatic rings. The van der Waals surface area contributed by atoms with Gasteiger partial charge >= 0.3 is 0 Å². The third-order valence-electron chi connectivity index (χ3n) is 5.06. The van der Waals surface area contributed by atoms with E-state index in [2.05, 4.69) is 20.6 Å². The number of carbonyl (C=O) groups excluding carboxylic acids is 1. The van der Waals surface area contributed by atoms with E-state index in [-0.39, 0.29) is 17.7 Å². The first kappa shape index (κ1) is 21.4. The Kier molecular flexibility index (Phi) is 6.37. The number of carbonyl (C=O) groups is 1. The van der Waals surface area contributed by atoms with Gasteiger partial charge in [-0.1, -0.05) is 24.3 Å². The summed E-state index contributed by atoms with van der Waals surface area (Å²) in [6, 6.07) is 15.6. The van der Waals surface area contributed by atoms with Crippen molar-refractivity contribution in [3.63, 3.8) is 0 Å². The highest BCUT2D eigenvalue weighted by Crippen LogP contribution is 2.23. The normalized spacial score (nSPS) is 15.3. The standard InChI is InChI=1S/C23H23N5O4/c1-15-11-21(27-22(25-15)17-6-3-8-19(13-17)28(30)31)24-14-16-5-2-7-18(12-16)26-23(29)20-9-4-10-32-20/h2-3,5-8,11-13,20H,4,9-10,14H2,1H3,(H,26,29)(H,24,25,27). The summed E-state index contributed by atoms with van der Waals surface area (Å²) in [7, 11) is 0. The second-order valence-electron chi connectivity index (χ2n) is 7.57. The van der Waals surface area contributed by atoms with Crippen LogP contribution in [0.15, 0.2) is 54.6 Å². The van der Waals surface area contributed by atoms with Gasteiger partial charge in [-0.15, -0.1) is 0 Å². The third kappa shape index (κ3) is 5.25. The molecule has 1 amide bonds. The van der Waals surface area contributed by atoms with Crippen molar-refractivity contribution in [2.75, 3.05) is 17.2 Å². The Morgan fingerprint density at radius 2 is 2.03 bits per heavy atom. The SMILES string of the molecule is Cc1cc(NCc2cccc(NC(=O)C3CCCO3)c2)nc(-c2cccc([N+](=O)[O-])c2)n1. The zero-order chi connectivity index (χ0) is 22.5. The molecule has 164 valence electrons. The number of ether oxygens (including phenoxy) is 1. The van der Waals surface area contributed by atoms with Gasteiger partial charge in [0.15, 0.2) is 5.82 Å². The Morgan fingerprint density at radius 3 is 2.81 bits per heavy atom. The van der Waals surface area contributed by atoms with Crippen LogP contribution in [0, 0.1) is 17.0 Å². The predicted octanol–water partition coefficient (Wildman–Crippen LogP) is 4.09. The third-order valence-corrected chi connectivity index (χ3v) is 5.06. The molecule has 0 spiro atoms. The van der Waals surface area contributed by atoms with E-state index in [9.17, 15) is 14.9 Å². The van der Waals surface area contributed by atoms with E-state index in [1.807, 2.05) is 37.3 Å². The first-order chi connectivity index (χ1) is 15.5. The molecule has 2 heterocycles. The van der Waals surface area contributed by atoms with Gasteiger partial charge in [-0.25, -0.2) is 9.97 Å². The molecule has 4 rings (SSSR count). The van der Waals surface area contributed by atoms with Crippen LogP contribution >= 0.6 is 0 Å². The van der Waals surface area contributed by atoms with E-state index in [1.54, 1.807) is 12.1 Å². The number of amides is 1. The number of hydrogen-bond acceptors (Lipinski definition) is 7. The minimum absolute atomic E-state index is 0.0102. The molecule has 9 heteroatoms. The van der Waals surface area contributed by atoms with Gasteiger partial charge in [0.05, 0.1) is 4.92 Å². The van der Waals surface area contributed by atoms with E-state index < -0.39 is 4.92 Å². The first-order valence-corrected chi connectivity index (χ1v) is 10.3. The van der Waals surface area contributed by atoms with Crippen LogP contribution in [-0.4, -0.2) is 33.5 Å². The van der Waals surface area contributed by atoms with E-state index in [0.717, 1.165) is 24.1 Å². The van der Waals surface area contributed by atoms with Crippen LogP contribution < -0.4 is 10.6 Å². The average molecular weight is 433 g/mol. The van der Waals surface area contributed by atoms with E-state index in [4.69, 9.17) is 4.74 Å². The molecule has 1 fully saturated rings. The number of nitrogens with one attached hydrogen (secondary N) is 2. The van der Waals surface area contributed by atoms with Crippen molar-refractivity contribution in [1.29, 1.82) is 0 Å². The summed E-state index contributed by atoms with van der Waals surface area (Å²) >= 11 is 0. The maximum atomic E-state index is 12.3. The zero-order valence-electron chi connectivity index (χ0n) is 17.6. The second-order valence-corrected chi connectivity index (χ2v) is 7.57. The van der Waals surface area contributed by atoms with E-state index in [0.29, 0.717) is 36.0 Å². The Balaban J connectivity index is 1.45. The van der Waals surface area contributed by atoms with Crippen molar-refractivity contribution >= 4 is 23.1 Å². The lowest BCUT2D eigenvalue weighted by Crippen LogP contribution is -2.26. The molecule has 3 aromatic rings. The van der Waals surface area contributed by atoms with E-state index >= 15 is 0 Å². The van der Waals surface area contributed by atoms with Crippen LogP contribution in [-0.2, 0) is 16.1 Å². The van der Waals surface area contributed by atoms with Gasteiger partial charge in [0, 0.05) is 48.3 Å². The molecule has 0 bridgehead atoms. The van der Waals surface area contributed by atoms with Gasteiger partial charge in [-0.3, -0.25) is 14.9 Å². The van der Waals surface area contributed by atoms with Crippen molar-refractivity contribution in [3.05, 3.63) is 76.0 Å². The van der Waals surface area contributed by atoms with Crippen LogP contribution in [0.1, 0.15) is 24.1 Å². The molecule has 0 radical (unpaired) electrons. The lowest BCUT2D eigenvalue weighted by Gasteiger charge is -2.12. The van der Waals surface area contributed by atoms with Gasteiger partial charge in [-0.2, -0.15) is 0 Å². The van der Waals surface area contributed by atoms with E-state index in [1.165, 1.54) is 12.1 Å². The highest BCUT2D eigenvalue weighted by Gasteiger charge is 2.23. The highest BCUT2D eigenvalue weighted by atomic mass is 16.6. The largest absolute Gasteiger partial charge is 0.368 e. The number of hydrogen-bond donors (Lipinski definition) is 2. The fraction of sp³-hybridized carbons (Fsp3) is 0.261. The summed E-state index contributed by atoms with van der Waals surface area (Å²) in [5, 5.41) is 17.2. The molecule has 0 saturated carbocycles. The first-order valence-electron chi connectivity index (χ1n) is 10.3. The molecule has 1 aromatic heterocycles. The lowest BCUT2D eigenvalue weighted by atomic mass is 10.1. The molecule has 2 aromatic carbocycles. The lowest BCUT2D eigenvalue weighted by molar-refractivity contribution is -0.384. The molecular weight excluding hydrogens is 410 g/mol. The summed E-state index contributed by atoms with van der Waals surface area (Å²) < 4.78 is 5.43. The smallest absolute Gasteiger partial charge is 0.270 e. The monoisotopic (exact) mass is 433 g/mol. The molecule has 2 N–H and O–H groups in total. The minimum Gasteiger partial charge on any atom is -0.368 e. The van der Waals surface area contributed by atoms with Crippen molar-refractivity contribution < 1.29 is 14.5 Å². The number of benzene rings is 2. The number of aromatic nitrogens is 2. The Morgan fingerprint density at radius 1 is 1.19 bits per heavy atom. The molecule has 0 aliphatic carbocycles. The van der Waals surface area contributed by atoms with Gasteiger partial charge < -0.3 is 15.4 Å². The Hall–Kier alpha value is -3.85. The maximum Gasteiger partial charge on any atom is 0.270 e. The molecule has 1 unspecified atom stereocenters. The van der Waals surface area contributed by atoms with Crippen molar-refractivity contribution in [2.24, 2.45) is 0 Å². The Labute approximate surface area is 185 Å². The maximum absolute atomic E-state index is 12.3. The van der Waals surface area contributed by atoms with Gasteiger partial charge in [0.25, 0.3) is 11.6 Å². The highest BCUT2D eigenvalue weighted by molar-refractivity contribution is 5.94. The molecule has 1 atom stereocenters. The van der Waals surface area contributed by atoms with Crippen LogP contribution in [0.4, 0.5) is 17.2 Å². The Bertz CT molecular complexity index is 1140. The van der Waals surface area contributed by atoms with Crippen LogP contribution in [0.3, 0.4) is 0 Å². The number of aryl methyl sites for hydroxylation is 1. The second kappa shape index (κ2) is 9.52. The number of non-ortho nitro benzene ring substituents is 1. The molecule has 1 saturated heterocycles. The fourth-order valence-electron chi connectivity index (χ4n) is 3.51. The summed E-state index contributed by atoms with van der Waals surface area (Å²) in [4.78, 5) is 31.8. The average Bonchev–Trinajstić information content (AvgIpc) is 3.33. The van der Waals surface area contributed by atoms with Crippen LogP contribution in [0.25, 0.3) is 11.4 Å². The van der Waals surface area contributed by atoms with Crippen LogP contribution in [0.5, 0.6) is 0 Å². The summed E-state index contributed by atoms with van der Waals surface area (Å²) in [5.74, 6) is 0.891. The van der Waals surface area contributed by atoms with Crippen molar-refractivity contribution in [2.45, 2.75) is 32.4 Å². The summed E-state index contributed by atoms with van der Waals surface area (Å²) in [6.45, 7) is 2.95. The molecule has 9 nitrogen and oxygen atoms in total. The van der Waals surface area contributed by atoms with Gasteiger partial charge in [-0.05, 0) is 37.5 Å². The number of nitro benzene ring substituents is 1. The summed E-state index contributed by atoms with van der Waals surface area (Å²) in [5.41, 5.74) is 2.97. The molecule has 32 heavy (non-hydrogen) atoms. The molecule has 1 aliphatic heterocycles. The predicted molar refractivity (Wildman–Crippen MR) is 120 cm³/mol. The zero-order valence-corrected chi connectivity index (χ0v) is 17.6. The topological polar surface area (TPSA) is 119 Å². The number of nitrogens with zero attached hydrogens (tertiary/aromatic N) is 3. The minimum atomic E-state index is -0.441. The van der Waals surface area contributed by atoms with Gasteiger partial charge in [0.1, 0.15) is 11.9 Å². The van der Waals surface area contributed by atoms with Gasteiger partial charge in [0.2, 0.25) is 0 Å². The van der Waals surface area contributed by atoms with Crippen molar-refractivity contribution in [1.82, 2.24) is 9.97 Å².